The highest BCUT2D eigenvalue weighted by atomic mass is 127. The van der Waals surface area contributed by atoms with E-state index >= 15 is 0 Å². The quantitative estimate of drug-likeness (QED) is 0.128. The first kappa shape index (κ1) is 37.5. The molecule has 0 spiro atoms. The van der Waals surface area contributed by atoms with Crippen molar-refractivity contribution in [2.75, 3.05) is 0 Å². The third-order valence-corrected chi connectivity index (χ3v) is 10.3. The Morgan fingerprint density at radius 2 is 0.800 bits per heavy atom. The summed E-state index contributed by atoms with van der Waals surface area (Å²) in [5.74, 6) is -0.318. The van der Waals surface area contributed by atoms with Gasteiger partial charge in [-0.05, 0) is 133 Å². The van der Waals surface area contributed by atoms with Gasteiger partial charge in [0, 0.05) is 26.1 Å². The van der Waals surface area contributed by atoms with Crippen molar-refractivity contribution in [3.05, 3.63) is 150 Å². The van der Waals surface area contributed by atoms with Crippen LogP contribution in [0.1, 0.15) is 160 Å². The van der Waals surface area contributed by atoms with Crippen LogP contribution in [0.2, 0.25) is 0 Å². The lowest BCUT2D eigenvalue weighted by atomic mass is 9.79. The maximum atomic E-state index is 14.1. The Morgan fingerprint density at radius 1 is 0.480 bits per heavy atom. The second-order valence-corrected chi connectivity index (χ2v) is 19.1. The summed E-state index contributed by atoms with van der Waals surface area (Å²) in [6, 6.07) is 28.8. The molecule has 0 aliphatic rings. The zero-order valence-corrected chi connectivity index (χ0v) is 34.0. The molecule has 2 N–H and O–H groups in total. The standard InChI is InChI=1S/C45H53IN2O2/c1-42(2,3)30-21-28(22-31(25-30)43(4,5)6)40(49)37-19-17-35(47-37)39(27-13-15-34(46)16-14-27)36-18-20-38(48-36)41(50)29-23-32(44(7,8)9)26-33(24-29)45(10,11)12/h13-26,39,47-48H,1-12H3. The van der Waals surface area contributed by atoms with Gasteiger partial charge in [0.05, 0.1) is 17.3 Å². The van der Waals surface area contributed by atoms with Gasteiger partial charge in [-0.2, -0.15) is 0 Å². The monoisotopic (exact) mass is 780 g/mol. The van der Waals surface area contributed by atoms with E-state index in [1.807, 2.05) is 48.5 Å². The summed E-state index contributed by atoms with van der Waals surface area (Å²) in [5.41, 5.74) is 9.43. The molecule has 0 atom stereocenters. The number of ketones is 2. The fourth-order valence-electron chi connectivity index (χ4n) is 6.17. The molecule has 0 saturated heterocycles. The van der Waals surface area contributed by atoms with Crippen LogP contribution < -0.4 is 0 Å². The molecule has 0 bridgehead atoms. The van der Waals surface area contributed by atoms with E-state index in [2.05, 4.69) is 152 Å². The highest BCUT2D eigenvalue weighted by molar-refractivity contribution is 14.1. The van der Waals surface area contributed by atoms with Gasteiger partial charge in [-0.25, -0.2) is 0 Å². The molecule has 0 fully saturated rings. The first-order valence-corrected chi connectivity index (χ1v) is 18.6. The van der Waals surface area contributed by atoms with Crippen molar-refractivity contribution < 1.29 is 9.59 Å². The fraction of sp³-hybridized carbons (Fsp3) is 0.378. The van der Waals surface area contributed by atoms with Crippen molar-refractivity contribution in [2.45, 2.75) is 111 Å². The Bertz CT molecular complexity index is 1840. The lowest BCUT2D eigenvalue weighted by Gasteiger charge is -2.26. The minimum absolute atomic E-state index is 0.0371. The minimum atomic E-state index is -0.243. The molecule has 5 aromatic rings. The molecular formula is C45H53IN2O2. The van der Waals surface area contributed by atoms with Crippen LogP contribution in [0, 0.1) is 3.57 Å². The van der Waals surface area contributed by atoms with Crippen LogP contribution in [0.4, 0.5) is 0 Å². The van der Waals surface area contributed by atoms with Crippen molar-refractivity contribution in [2.24, 2.45) is 0 Å². The predicted molar refractivity (Wildman–Crippen MR) is 216 cm³/mol. The summed E-state index contributed by atoms with van der Waals surface area (Å²) >= 11 is 2.31. The van der Waals surface area contributed by atoms with Crippen LogP contribution in [0.15, 0.2) is 84.9 Å². The number of halogens is 1. The number of aromatic amines is 2. The highest BCUT2D eigenvalue weighted by Gasteiger charge is 2.27. The SMILES string of the molecule is CC(C)(C)c1cc(C(=O)c2ccc(C(c3ccc(I)cc3)c3ccc(C(=O)c4cc(C(C)(C)C)cc(C(C)(C)C)c4)[nH]3)[nH]2)cc(C(C)(C)C)c1. The van der Waals surface area contributed by atoms with E-state index in [9.17, 15) is 9.59 Å². The molecule has 2 heterocycles. The Balaban J connectivity index is 1.56. The molecule has 0 amide bonds. The van der Waals surface area contributed by atoms with Gasteiger partial charge in [0.1, 0.15) is 0 Å². The number of hydrogen-bond donors (Lipinski definition) is 2. The maximum Gasteiger partial charge on any atom is 0.209 e. The highest BCUT2D eigenvalue weighted by Crippen LogP contribution is 2.35. The van der Waals surface area contributed by atoms with E-state index in [1.165, 1.54) is 0 Å². The summed E-state index contributed by atoms with van der Waals surface area (Å²) in [4.78, 5) is 35.2. The van der Waals surface area contributed by atoms with Gasteiger partial charge < -0.3 is 9.97 Å². The largest absolute Gasteiger partial charge is 0.355 e. The number of benzene rings is 3. The van der Waals surface area contributed by atoms with Crippen LogP contribution in [0.25, 0.3) is 0 Å². The number of rotatable bonds is 7. The zero-order chi connectivity index (χ0) is 37.0. The first-order valence-electron chi connectivity index (χ1n) is 17.6. The number of H-pyrrole nitrogens is 2. The summed E-state index contributed by atoms with van der Waals surface area (Å²) in [5, 5.41) is 0. The maximum absolute atomic E-state index is 14.1. The van der Waals surface area contributed by atoms with Crippen LogP contribution in [0.3, 0.4) is 0 Å². The lowest BCUT2D eigenvalue weighted by Crippen LogP contribution is -2.18. The molecule has 5 heteroatoms. The second-order valence-electron chi connectivity index (χ2n) is 17.9. The van der Waals surface area contributed by atoms with Crippen molar-refractivity contribution >= 4 is 34.2 Å². The molecule has 50 heavy (non-hydrogen) atoms. The molecule has 4 nitrogen and oxygen atoms in total. The average molecular weight is 781 g/mol. The number of aromatic nitrogens is 2. The molecule has 0 unspecified atom stereocenters. The zero-order valence-electron chi connectivity index (χ0n) is 31.9. The van der Waals surface area contributed by atoms with E-state index in [4.69, 9.17) is 0 Å². The Labute approximate surface area is 313 Å². The molecular weight excluding hydrogens is 727 g/mol. The van der Waals surface area contributed by atoms with Crippen molar-refractivity contribution in [1.29, 1.82) is 0 Å². The smallest absolute Gasteiger partial charge is 0.209 e. The average Bonchev–Trinajstić information content (AvgIpc) is 3.70. The topological polar surface area (TPSA) is 65.7 Å². The third kappa shape index (κ3) is 8.25. The molecule has 5 rings (SSSR count). The van der Waals surface area contributed by atoms with Gasteiger partial charge >= 0.3 is 0 Å². The van der Waals surface area contributed by atoms with E-state index in [0.717, 1.165) is 42.8 Å². The number of hydrogen-bond acceptors (Lipinski definition) is 2. The van der Waals surface area contributed by atoms with Crippen LogP contribution >= 0.6 is 22.6 Å². The van der Waals surface area contributed by atoms with E-state index in [1.54, 1.807) is 0 Å². The summed E-state index contributed by atoms with van der Waals surface area (Å²) < 4.78 is 1.14. The molecule has 3 aromatic carbocycles. The van der Waals surface area contributed by atoms with Gasteiger partial charge in [0.15, 0.2) is 0 Å². The van der Waals surface area contributed by atoms with Crippen LogP contribution in [-0.2, 0) is 21.7 Å². The summed E-state index contributed by atoms with van der Waals surface area (Å²) in [6.45, 7) is 26.2. The van der Waals surface area contributed by atoms with Crippen molar-refractivity contribution in [3.8, 4) is 0 Å². The van der Waals surface area contributed by atoms with E-state index in [0.29, 0.717) is 22.5 Å². The molecule has 0 aliphatic carbocycles. The number of nitrogens with one attached hydrogen (secondary N) is 2. The Kier molecular flexibility index (Phi) is 10.1. The Hall–Kier alpha value is -3.71. The molecule has 0 radical (unpaired) electrons. The van der Waals surface area contributed by atoms with Crippen molar-refractivity contribution in [1.82, 2.24) is 9.97 Å². The predicted octanol–water partition coefficient (Wildman–Crippen LogP) is 11.8. The van der Waals surface area contributed by atoms with Crippen LogP contribution in [0.5, 0.6) is 0 Å². The van der Waals surface area contributed by atoms with Gasteiger partial charge in [0.25, 0.3) is 0 Å². The molecule has 0 aliphatic heterocycles. The lowest BCUT2D eigenvalue weighted by molar-refractivity contribution is 0.102. The number of carbonyl (C=O) groups is 2. The van der Waals surface area contributed by atoms with Crippen LogP contribution in [-0.4, -0.2) is 21.5 Å². The van der Waals surface area contributed by atoms with Gasteiger partial charge in [0.2, 0.25) is 11.6 Å². The van der Waals surface area contributed by atoms with Gasteiger partial charge in [-0.3, -0.25) is 9.59 Å². The molecule has 0 saturated carbocycles. The molecule has 2 aromatic heterocycles. The Morgan fingerprint density at radius 3 is 1.10 bits per heavy atom. The minimum Gasteiger partial charge on any atom is -0.355 e. The summed E-state index contributed by atoms with van der Waals surface area (Å²) in [7, 11) is 0. The second kappa shape index (κ2) is 13.4. The third-order valence-electron chi connectivity index (χ3n) is 9.59. The van der Waals surface area contributed by atoms with Gasteiger partial charge in [-0.1, -0.05) is 107 Å². The van der Waals surface area contributed by atoms with E-state index in [-0.39, 0.29) is 39.1 Å². The molecule has 262 valence electrons. The van der Waals surface area contributed by atoms with Crippen molar-refractivity contribution in [3.63, 3.8) is 0 Å². The van der Waals surface area contributed by atoms with Gasteiger partial charge in [-0.15, -0.1) is 0 Å². The number of carbonyl (C=O) groups excluding carboxylic acids is 2. The summed E-state index contributed by atoms with van der Waals surface area (Å²) in [6.07, 6.45) is 0. The normalized spacial score (nSPS) is 12.8. The van der Waals surface area contributed by atoms with E-state index < -0.39 is 0 Å². The fourth-order valence-corrected chi connectivity index (χ4v) is 6.53. The first-order chi connectivity index (χ1) is 23.0.